The summed E-state index contributed by atoms with van der Waals surface area (Å²) in [6.07, 6.45) is 0.639. The summed E-state index contributed by atoms with van der Waals surface area (Å²) in [6, 6.07) is 8.23. The zero-order chi connectivity index (χ0) is 14.3. The fraction of sp³-hybridized carbons (Fsp3) is 0.625. The highest BCUT2D eigenvalue weighted by molar-refractivity contribution is 5.29. The zero-order valence-corrected chi connectivity index (χ0v) is 12.5. The van der Waals surface area contributed by atoms with Gasteiger partial charge in [0, 0.05) is 6.54 Å². The van der Waals surface area contributed by atoms with Crippen LogP contribution in [0, 0.1) is 5.92 Å². The maximum absolute atomic E-state index is 9.32. The molecule has 19 heavy (non-hydrogen) atoms. The van der Waals surface area contributed by atoms with Gasteiger partial charge in [0.1, 0.15) is 5.75 Å². The Bertz CT molecular complexity index is 348. The lowest BCUT2D eigenvalue weighted by Gasteiger charge is -2.17. The average molecular weight is 265 g/mol. The van der Waals surface area contributed by atoms with Gasteiger partial charge >= 0.3 is 0 Å². The van der Waals surface area contributed by atoms with Crippen LogP contribution in [-0.4, -0.2) is 31.4 Å². The van der Waals surface area contributed by atoms with Gasteiger partial charge in [-0.1, -0.05) is 26.0 Å². The first kappa shape index (κ1) is 16.0. The smallest absolute Gasteiger partial charge is 0.118 e. The Balaban J connectivity index is 2.32. The highest BCUT2D eigenvalue weighted by atomic mass is 16.5. The Morgan fingerprint density at radius 1 is 1.11 bits per heavy atom. The van der Waals surface area contributed by atoms with E-state index >= 15 is 0 Å². The molecule has 1 aromatic carbocycles. The molecular weight excluding hydrogens is 238 g/mol. The number of hydrogen-bond donors (Lipinski definition) is 2. The summed E-state index contributed by atoms with van der Waals surface area (Å²) < 4.78 is 5.16. The molecule has 0 aromatic heterocycles. The Hall–Kier alpha value is -1.06. The molecule has 0 saturated heterocycles. The SMILES string of the molecule is COc1ccc(C(C)CNCC(C)CC(C)O)cc1. The second-order valence-electron chi connectivity index (χ2n) is 5.52. The first-order chi connectivity index (χ1) is 9.02. The second-order valence-corrected chi connectivity index (χ2v) is 5.52. The quantitative estimate of drug-likeness (QED) is 0.759. The van der Waals surface area contributed by atoms with E-state index in [1.807, 2.05) is 19.1 Å². The predicted octanol–water partition coefficient (Wildman–Crippen LogP) is 2.80. The van der Waals surface area contributed by atoms with E-state index < -0.39 is 0 Å². The molecule has 0 heterocycles. The van der Waals surface area contributed by atoms with Crippen LogP contribution < -0.4 is 10.1 Å². The number of methoxy groups -OCH3 is 1. The van der Waals surface area contributed by atoms with E-state index in [0.29, 0.717) is 11.8 Å². The molecule has 0 radical (unpaired) electrons. The summed E-state index contributed by atoms with van der Waals surface area (Å²) in [5, 5.41) is 12.8. The molecule has 3 unspecified atom stereocenters. The van der Waals surface area contributed by atoms with Gasteiger partial charge in [0.05, 0.1) is 13.2 Å². The van der Waals surface area contributed by atoms with Gasteiger partial charge in [-0.05, 0) is 49.4 Å². The number of aliphatic hydroxyl groups excluding tert-OH is 1. The lowest BCUT2D eigenvalue weighted by molar-refractivity contribution is 0.163. The fourth-order valence-electron chi connectivity index (χ4n) is 2.26. The lowest BCUT2D eigenvalue weighted by atomic mass is 10.00. The average Bonchev–Trinajstić information content (AvgIpc) is 2.37. The number of hydrogen-bond acceptors (Lipinski definition) is 3. The summed E-state index contributed by atoms with van der Waals surface area (Å²) in [4.78, 5) is 0. The van der Waals surface area contributed by atoms with Gasteiger partial charge in [-0.25, -0.2) is 0 Å². The van der Waals surface area contributed by atoms with Crippen LogP contribution in [0.1, 0.15) is 38.7 Å². The molecule has 2 N–H and O–H groups in total. The Morgan fingerprint density at radius 3 is 2.26 bits per heavy atom. The van der Waals surface area contributed by atoms with Gasteiger partial charge in [0.25, 0.3) is 0 Å². The molecule has 0 aliphatic heterocycles. The van der Waals surface area contributed by atoms with Crippen molar-refractivity contribution in [2.75, 3.05) is 20.2 Å². The van der Waals surface area contributed by atoms with Crippen molar-refractivity contribution in [3.8, 4) is 5.75 Å². The number of ether oxygens (including phenoxy) is 1. The second kappa shape index (κ2) is 8.18. The lowest BCUT2D eigenvalue weighted by Crippen LogP contribution is -2.26. The standard InChI is InChI=1S/C16H27NO2/c1-12(9-14(3)18)10-17-11-13(2)15-5-7-16(19-4)8-6-15/h5-8,12-14,17-18H,9-11H2,1-4H3. The van der Waals surface area contributed by atoms with Crippen molar-refractivity contribution in [3.63, 3.8) is 0 Å². The van der Waals surface area contributed by atoms with Crippen LogP contribution >= 0.6 is 0 Å². The predicted molar refractivity (Wildman–Crippen MR) is 79.7 cm³/mol. The zero-order valence-electron chi connectivity index (χ0n) is 12.5. The monoisotopic (exact) mass is 265 g/mol. The van der Waals surface area contributed by atoms with Gasteiger partial charge in [-0.3, -0.25) is 0 Å². The number of aliphatic hydroxyl groups is 1. The summed E-state index contributed by atoms with van der Waals surface area (Å²) in [5.41, 5.74) is 1.32. The number of nitrogens with one attached hydrogen (secondary N) is 1. The molecular formula is C16H27NO2. The molecule has 0 fully saturated rings. The third-order valence-electron chi connectivity index (χ3n) is 3.37. The molecule has 3 nitrogen and oxygen atoms in total. The van der Waals surface area contributed by atoms with Crippen molar-refractivity contribution in [1.29, 1.82) is 0 Å². The largest absolute Gasteiger partial charge is 0.497 e. The van der Waals surface area contributed by atoms with Gasteiger partial charge < -0.3 is 15.2 Å². The number of benzene rings is 1. The van der Waals surface area contributed by atoms with Crippen molar-refractivity contribution in [1.82, 2.24) is 5.32 Å². The van der Waals surface area contributed by atoms with Crippen molar-refractivity contribution in [3.05, 3.63) is 29.8 Å². The van der Waals surface area contributed by atoms with E-state index in [9.17, 15) is 5.11 Å². The minimum Gasteiger partial charge on any atom is -0.497 e. The van der Waals surface area contributed by atoms with E-state index in [0.717, 1.165) is 25.3 Å². The van der Waals surface area contributed by atoms with Gasteiger partial charge in [-0.15, -0.1) is 0 Å². The summed E-state index contributed by atoms with van der Waals surface area (Å²) in [5.74, 6) is 1.88. The van der Waals surface area contributed by atoms with Crippen molar-refractivity contribution < 1.29 is 9.84 Å². The van der Waals surface area contributed by atoms with E-state index in [-0.39, 0.29) is 6.10 Å². The van der Waals surface area contributed by atoms with Gasteiger partial charge in [0.15, 0.2) is 0 Å². The molecule has 1 aromatic rings. The van der Waals surface area contributed by atoms with Crippen molar-refractivity contribution in [2.45, 2.75) is 39.2 Å². The molecule has 3 atom stereocenters. The van der Waals surface area contributed by atoms with Crippen molar-refractivity contribution >= 4 is 0 Å². The van der Waals surface area contributed by atoms with Crippen LogP contribution in [-0.2, 0) is 0 Å². The molecule has 1 rings (SSSR count). The van der Waals surface area contributed by atoms with Crippen LogP contribution in [0.5, 0.6) is 5.75 Å². The summed E-state index contributed by atoms with van der Waals surface area (Å²) >= 11 is 0. The van der Waals surface area contributed by atoms with Crippen LogP contribution in [0.25, 0.3) is 0 Å². The highest BCUT2D eigenvalue weighted by Crippen LogP contribution is 2.18. The first-order valence-corrected chi connectivity index (χ1v) is 7.05. The maximum Gasteiger partial charge on any atom is 0.118 e. The normalized spacial score (nSPS) is 15.8. The molecule has 0 saturated carbocycles. The fourth-order valence-corrected chi connectivity index (χ4v) is 2.26. The molecule has 0 aliphatic carbocycles. The minimum absolute atomic E-state index is 0.212. The highest BCUT2D eigenvalue weighted by Gasteiger charge is 2.08. The van der Waals surface area contributed by atoms with E-state index in [1.165, 1.54) is 5.56 Å². The summed E-state index contributed by atoms with van der Waals surface area (Å²) in [7, 11) is 1.68. The molecule has 108 valence electrons. The third kappa shape index (κ3) is 6.08. The topological polar surface area (TPSA) is 41.5 Å². The first-order valence-electron chi connectivity index (χ1n) is 7.05. The summed E-state index contributed by atoms with van der Waals surface area (Å²) in [6.45, 7) is 8.13. The number of rotatable bonds is 8. The van der Waals surface area contributed by atoms with Crippen LogP contribution in [0.15, 0.2) is 24.3 Å². The maximum atomic E-state index is 9.32. The van der Waals surface area contributed by atoms with Gasteiger partial charge in [0.2, 0.25) is 0 Å². The molecule has 0 aliphatic rings. The van der Waals surface area contributed by atoms with Crippen LogP contribution in [0.3, 0.4) is 0 Å². The van der Waals surface area contributed by atoms with E-state index in [4.69, 9.17) is 4.74 Å². The van der Waals surface area contributed by atoms with Gasteiger partial charge in [-0.2, -0.15) is 0 Å². The minimum atomic E-state index is -0.212. The molecule has 0 amide bonds. The van der Waals surface area contributed by atoms with Crippen molar-refractivity contribution in [2.24, 2.45) is 5.92 Å². The molecule has 0 spiro atoms. The Labute approximate surface area is 117 Å². The van der Waals surface area contributed by atoms with Crippen LogP contribution in [0.2, 0.25) is 0 Å². The Kier molecular flexibility index (Phi) is 6.89. The molecule has 0 bridgehead atoms. The van der Waals surface area contributed by atoms with E-state index in [2.05, 4.69) is 31.3 Å². The van der Waals surface area contributed by atoms with E-state index in [1.54, 1.807) is 7.11 Å². The Morgan fingerprint density at radius 2 is 1.74 bits per heavy atom. The van der Waals surface area contributed by atoms with Crippen LogP contribution in [0.4, 0.5) is 0 Å². The molecule has 3 heteroatoms. The third-order valence-corrected chi connectivity index (χ3v) is 3.37.